The van der Waals surface area contributed by atoms with Gasteiger partial charge in [-0.2, -0.15) is 0 Å². The Morgan fingerprint density at radius 3 is 2.85 bits per heavy atom. The molecule has 0 N–H and O–H groups in total. The molecule has 0 radical (unpaired) electrons. The Kier molecular flexibility index (Phi) is 5.36. The van der Waals surface area contributed by atoms with Crippen molar-refractivity contribution in [2.24, 2.45) is 5.92 Å². The first kappa shape index (κ1) is 14.8. The van der Waals surface area contributed by atoms with Crippen molar-refractivity contribution in [3.05, 3.63) is 43.0 Å². The lowest BCUT2D eigenvalue weighted by atomic mass is 10.0. The maximum absolute atomic E-state index is 12.5. The maximum atomic E-state index is 12.5. The number of para-hydroxylation sites is 1. The number of hydrogen-bond donors (Lipinski definition) is 0. The van der Waals surface area contributed by atoms with Gasteiger partial charge in [-0.1, -0.05) is 31.2 Å². The van der Waals surface area contributed by atoms with Gasteiger partial charge in [-0.15, -0.1) is 6.58 Å². The molecule has 1 aliphatic heterocycles. The minimum absolute atomic E-state index is 0.158. The molecule has 108 valence electrons. The van der Waals surface area contributed by atoms with E-state index in [0.29, 0.717) is 19.0 Å². The Morgan fingerprint density at radius 2 is 2.20 bits per heavy atom. The SMILES string of the molecule is C=CCN(C(=O)CN1CCCC(C)C1)c1ccccc1. The molecule has 0 spiro atoms. The van der Waals surface area contributed by atoms with Crippen LogP contribution < -0.4 is 4.90 Å². The second kappa shape index (κ2) is 7.25. The van der Waals surface area contributed by atoms with E-state index in [1.165, 1.54) is 12.8 Å². The van der Waals surface area contributed by atoms with Crippen LogP contribution in [-0.2, 0) is 4.79 Å². The number of rotatable bonds is 5. The van der Waals surface area contributed by atoms with E-state index in [1.54, 1.807) is 6.08 Å². The summed E-state index contributed by atoms with van der Waals surface area (Å²) in [6.45, 7) is 9.15. The molecular formula is C17H24N2O. The number of benzene rings is 1. The van der Waals surface area contributed by atoms with Gasteiger partial charge in [-0.25, -0.2) is 0 Å². The lowest BCUT2D eigenvalue weighted by molar-refractivity contribution is -0.120. The van der Waals surface area contributed by atoms with E-state index in [2.05, 4.69) is 18.4 Å². The summed E-state index contributed by atoms with van der Waals surface area (Å²) in [6, 6.07) is 9.83. The van der Waals surface area contributed by atoms with Crippen LogP contribution in [0.25, 0.3) is 0 Å². The molecule has 3 nitrogen and oxygen atoms in total. The number of likely N-dealkylation sites (tertiary alicyclic amines) is 1. The molecular weight excluding hydrogens is 248 g/mol. The Balaban J connectivity index is 2.02. The van der Waals surface area contributed by atoms with Gasteiger partial charge >= 0.3 is 0 Å². The molecule has 1 fully saturated rings. The van der Waals surface area contributed by atoms with Crippen LogP contribution in [0.4, 0.5) is 5.69 Å². The van der Waals surface area contributed by atoms with Crippen LogP contribution in [0.1, 0.15) is 19.8 Å². The average Bonchev–Trinajstić information content (AvgIpc) is 2.45. The van der Waals surface area contributed by atoms with E-state index >= 15 is 0 Å². The smallest absolute Gasteiger partial charge is 0.241 e. The predicted molar refractivity (Wildman–Crippen MR) is 83.8 cm³/mol. The van der Waals surface area contributed by atoms with Crippen molar-refractivity contribution in [2.45, 2.75) is 19.8 Å². The van der Waals surface area contributed by atoms with Gasteiger partial charge in [-0.05, 0) is 37.4 Å². The first-order valence-corrected chi connectivity index (χ1v) is 7.39. The normalized spacial score (nSPS) is 19.6. The fourth-order valence-electron chi connectivity index (χ4n) is 2.80. The molecule has 1 atom stereocenters. The number of hydrogen-bond acceptors (Lipinski definition) is 2. The molecule has 1 amide bonds. The topological polar surface area (TPSA) is 23.6 Å². The van der Waals surface area contributed by atoms with Gasteiger partial charge < -0.3 is 4.90 Å². The van der Waals surface area contributed by atoms with Crippen LogP contribution in [0.5, 0.6) is 0 Å². The van der Waals surface area contributed by atoms with Crippen LogP contribution >= 0.6 is 0 Å². The number of carbonyl (C=O) groups is 1. The van der Waals surface area contributed by atoms with Crippen molar-refractivity contribution in [3.8, 4) is 0 Å². The first-order chi connectivity index (χ1) is 9.70. The van der Waals surface area contributed by atoms with Crippen LogP contribution in [0, 0.1) is 5.92 Å². The lowest BCUT2D eigenvalue weighted by Gasteiger charge is -2.32. The fourth-order valence-corrected chi connectivity index (χ4v) is 2.80. The van der Waals surface area contributed by atoms with E-state index in [1.807, 2.05) is 35.2 Å². The third kappa shape index (κ3) is 3.94. The van der Waals surface area contributed by atoms with Crippen molar-refractivity contribution in [3.63, 3.8) is 0 Å². The quantitative estimate of drug-likeness (QED) is 0.769. The zero-order valence-corrected chi connectivity index (χ0v) is 12.3. The van der Waals surface area contributed by atoms with Crippen LogP contribution in [-0.4, -0.2) is 37.0 Å². The Labute approximate surface area is 121 Å². The molecule has 1 aromatic carbocycles. The second-order valence-corrected chi connectivity index (χ2v) is 5.61. The van der Waals surface area contributed by atoms with Gasteiger partial charge in [0.15, 0.2) is 0 Å². The standard InChI is InChI=1S/C17H24N2O/c1-3-11-19(16-9-5-4-6-10-16)17(20)14-18-12-7-8-15(2)13-18/h3-6,9-10,15H,1,7-8,11-14H2,2H3. The summed E-state index contributed by atoms with van der Waals surface area (Å²) < 4.78 is 0. The highest BCUT2D eigenvalue weighted by molar-refractivity contribution is 5.95. The molecule has 0 aliphatic carbocycles. The minimum atomic E-state index is 0.158. The van der Waals surface area contributed by atoms with Crippen molar-refractivity contribution >= 4 is 11.6 Å². The van der Waals surface area contributed by atoms with Gasteiger partial charge in [0.25, 0.3) is 0 Å². The number of carbonyl (C=O) groups excluding carboxylic acids is 1. The summed E-state index contributed by atoms with van der Waals surface area (Å²) in [5, 5.41) is 0. The number of nitrogens with zero attached hydrogens (tertiary/aromatic N) is 2. The molecule has 1 aromatic rings. The Bertz CT molecular complexity index is 444. The molecule has 1 unspecified atom stereocenters. The highest BCUT2D eigenvalue weighted by Gasteiger charge is 2.21. The molecule has 0 bridgehead atoms. The Morgan fingerprint density at radius 1 is 1.45 bits per heavy atom. The molecule has 1 aliphatic rings. The number of anilines is 1. The molecule has 0 aromatic heterocycles. The molecule has 2 rings (SSSR count). The summed E-state index contributed by atoms with van der Waals surface area (Å²) in [5.41, 5.74) is 0.947. The molecule has 20 heavy (non-hydrogen) atoms. The van der Waals surface area contributed by atoms with Crippen LogP contribution in [0.2, 0.25) is 0 Å². The van der Waals surface area contributed by atoms with E-state index < -0.39 is 0 Å². The molecule has 0 saturated carbocycles. The van der Waals surface area contributed by atoms with Gasteiger partial charge in [0.1, 0.15) is 0 Å². The van der Waals surface area contributed by atoms with E-state index in [9.17, 15) is 4.79 Å². The third-order valence-corrected chi connectivity index (χ3v) is 3.78. The summed E-state index contributed by atoms with van der Waals surface area (Å²) in [5.74, 6) is 0.853. The third-order valence-electron chi connectivity index (χ3n) is 3.78. The van der Waals surface area contributed by atoms with Gasteiger partial charge in [-0.3, -0.25) is 9.69 Å². The van der Waals surface area contributed by atoms with Crippen LogP contribution in [0.15, 0.2) is 43.0 Å². The Hall–Kier alpha value is -1.61. The highest BCUT2D eigenvalue weighted by atomic mass is 16.2. The van der Waals surface area contributed by atoms with Crippen LogP contribution in [0.3, 0.4) is 0 Å². The summed E-state index contributed by atoms with van der Waals surface area (Å²) in [7, 11) is 0. The van der Waals surface area contributed by atoms with Gasteiger partial charge in [0.2, 0.25) is 5.91 Å². The van der Waals surface area contributed by atoms with E-state index in [0.717, 1.165) is 18.8 Å². The summed E-state index contributed by atoms with van der Waals surface area (Å²) >= 11 is 0. The van der Waals surface area contributed by atoms with Crippen molar-refractivity contribution in [2.75, 3.05) is 31.1 Å². The summed E-state index contributed by atoms with van der Waals surface area (Å²) in [6.07, 6.45) is 4.25. The van der Waals surface area contributed by atoms with Crippen molar-refractivity contribution in [1.82, 2.24) is 4.90 Å². The number of piperidine rings is 1. The molecule has 3 heteroatoms. The van der Waals surface area contributed by atoms with Gasteiger partial charge in [0.05, 0.1) is 6.54 Å². The average molecular weight is 272 g/mol. The van der Waals surface area contributed by atoms with Crippen molar-refractivity contribution in [1.29, 1.82) is 0 Å². The highest BCUT2D eigenvalue weighted by Crippen LogP contribution is 2.17. The predicted octanol–water partition coefficient (Wildman–Crippen LogP) is 2.94. The maximum Gasteiger partial charge on any atom is 0.241 e. The van der Waals surface area contributed by atoms with E-state index in [4.69, 9.17) is 0 Å². The second-order valence-electron chi connectivity index (χ2n) is 5.61. The minimum Gasteiger partial charge on any atom is -0.308 e. The largest absolute Gasteiger partial charge is 0.308 e. The van der Waals surface area contributed by atoms with Gasteiger partial charge in [0, 0.05) is 18.8 Å². The summed E-state index contributed by atoms with van der Waals surface area (Å²) in [4.78, 5) is 16.6. The zero-order valence-electron chi connectivity index (χ0n) is 12.3. The first-order valence-electron chi connectivity index (χ1n) is 7.39. The van der Waals surface area contributed by atoms with Crippen molar-refractivity contribution < 1.29 is 4.79 Å². The number of amides is 1. The molecule has 1 saturated heterocycles. The zero-order chi connectivity index (χ0) is 14.4. The fraction of sp³-hybridized carbons (Fsp3) is 0.471. The monoisotopic (exact) mass is 272 g/mol. The van der Waals surface area contributed by atoms with E-state index in [-0.39, 0.29) is 5.91 Å². The molecule has 1 heterocycles. The lowest BCUT2D eigenvalue weighted by Crippen LogP contribution is -2.44.